The number of carbonyl (C=O) groups excluding carboxylic acids is 1. The number of methoxy groups -OCH3 is 1. The van der Waals surface area contributed by atoms with Gasteiger partial charge in [0, 0.05) is 50.0 Å². The van der Waals surface area contributed by atoms with Crippen molar-refractivity contribution in [3.63, 3.8) is 0 Å². The van der Waals surface area contributed by atoms with Gasteiger partial charge in [-0.3, -0.25) is 4.68 Å². The summed E-state index contributed by atoms with van der Waals surface area (Å²) >= 11 is 0. The molecule has 1 aliphatic heterocycles. The molecule has 0 aliphatic carbocycles. The summed E-state index contributed by atoms with van der Waals surface area (Å²) in [5, 5.41) is 8.05. The van der Waals surface area contributed by atoms with Crippen LogP contribution in [0, 0.1) is 0 Å². The summed E-state index contributed by atoms with van der Waals surface area (Å²) in [6, 6.07) is 6.18. The van der Waals surface area contributed by atoms with E-state index in [4.69, 9.17) is 20.3 Å². The van der Waals surface area contributed by atoms with Gasteiger partial charge in [-0.1, -0.05) is 19.4 Å². The monoisotopic (exact) mass is 510 g/mol. The van der Waals surface area contributed by atoms with Crippen LogP contribution in [-0.2, 0) is 11.3 Å². The zero-order chi connectivity index (χ0) is 26.6. The molecule has 3 heterocycles. The van der Waals surface area contributed by atoms with Gasteiger partial charge in [-0.15, -0.1) is 0 Å². The molecule has 2 aromatic heterocycles. The number of nitrogens with zero attached hydrogens (tertiary/aromatic N) is 6. The van der Waals surface area contributed by atoms with Gasteiger partial charge in [0.15, 0.2) is 11.3 Å². The van der Waals surface area contributed by atoms with Crippen molar-refractivity contribution in [2.45, 2.75) is 52.7 Å². The summed E-state index contributed by atoms with van der Waals surface area (Å²) in [5.74, 6) is 1.65. The molecule has 1 saturated heterocycles. The molecule has 0 bridgehead atoms. The number of nitrogens with one attached hydrogen (secondary N) is 1. The number of hydrogen-bond donors (Lipinski definition) is 2. The molecule has 4 rings (SSSR count). The normalized spacial score (nSPS) is 14.2. The van der Waals surface area contributed by atoms with Gasteiger partial charge < -0.3 is 30.3 Å². The van der Waals surface area contributed by atoms with E-state index < -0.39 is 5.60 Å². The Kier molecular flexibility index (Phi) is 7.89. The van der Waals surface area contributed by atoms with Crippen LogP contribution in [0.2, 0.25) is 0 Å². The van der Waals surface area contributed by atoms with Gasteiger partial charge >= 0.3 is 6.09 Å². The van der Waals surface area contributed by atoms with Crippen molar-refractivity contribution < 1.29 is 14.3 Å². The summed E-state index contributed by atoms with van der Waals surface area (Å²) < 4.78 is 13.1. The summed E-state index contributed by atoms with van der Waals surface area (Å²) in [6.45, 7) is 11.8. The number of nitrogens with two attached hydrogens (primary N) is 1. The maximum Gasteiger partial charge on any atom is 0.410 e. The second-order valence-electron chi connectivity index (χ2n) is 10.2. The molecule has 200 valence electrons. The second-order valence-corrected chi connectivity index (χ2v) is 10.2. The molecule has 0 radical (unpaired) electrons. The molecule has 1 amide bonds. The first-order chi connectivity index (χ1) is 17.7. The number of nitrogen functional groups attached to an aromatic ring is 1. The molecule has 0 spiro atoms. The highest BCUT2D eigenvalue weighted by Gasteiger charge is 2.26. The highest BCUT2D eigenvalue weighted by atomic mass is 16.6. The lowest BCUT2D eigenvalue weighted by molar-refractivity contribution is 0.0240. The van der Waals surface area contributed by atoms with E-state index in [9.17, 15) is 4.79 Å². The molecule has 0 unspecified atom stereocenters. The van der Waals surface area contributed by atoms with Crippen molar-refractivity contribution in [3.05, 3.63) is 30.0 Å². The molecular formula is C26H38N8O3. The Bertz CT molecular complexity index is 1230. The zero-order valence-corrected chi connectivity index (χ0v) is 22.5. The Morgan fingerprint density at radius 1 is 1.16 bits per heavy atom. The van der Waals surface area contributed by atoms with E-state index in [0.717, 1.165) is 49.5 Å². The number of benzene rings is 1. The number of aromatic nitrogens is 4. The van der Waals surface area contributed by atoms with Gasteiger partial charge in [-0.25, -0.2) is 9.78 Å². The summed E-state index contributed by atoms with van der Waals surface area (Å²) in [6.07, 6.45) is 3.73. The lowest BCUT2D eigenvalue weighted by Gasteiger charge is -2.37. The number of fused-ring (bicyclic) bond motifs is 1. The van der Waals surface area contributed by atoms with Crippen molar-refractivity contribution in [2.24, 2.45) is 0 Å². The van der Waals surface area contributed by atoms with Gasteiger partial charge in [0.1, 0.15) is 16.9 Å². The van der Waals surface area contributed by atoms with E-state index in [-0.39, 0.29) is 12.0 Å². The maximum absolute atomic E-state index is 12.4. The first kappa shape index (κ1) is 26.3. The quantitative estimate of drug-likeness (QED) is 0.436. The van der Waals surface area contributed by atoms with E-state index in [1.54, 1.807) is 12.0 Å². The Morgan fingerprint density at radius 2 is 1.92 bits per heavy atom. The van der Waals surface area contributed by atoms with Crippen molar-refractivity contribution in [1.82, 2.24) is 24.6 Å². The lowest BCUT2D eigenvalue weighted by Crippen LogP contribution is -2.50. The van der Waals surface area contributed by atoms with Crippen LogP contribution in [0.5, 0.6) is 5.75 Å². The number of carbonyl (C=O) groups is 1. The van der Waals surface area contributed by atoms with Crippen LogP contribution in [0.3, 0.4) is 0 Å². The Morgan fingerprint density at radius 3 is 2.59 bits per heavy atom. The molecule has 1 aromatic carbocycles. The summed E-state index contributed by atoms with van der Waals surface area (Å²) in [4.78, 5) is 25.1. The van der Waals surface area contributed by atoms with Crippen LogP contribution >= 0.6 is 0 Å². The fourth-order valence-electron chi connectivity index (χ4n) is 4.27. The number of piperazine rings is 1. The zero-order valence-electron chi connectivity index (χ0n) is 22.5. The fraction of sp³-hybridized carbons (Fsp3) is 0.538. The smallest absolute Gasteiger partial charge is 0.410 e. The Hall–Kier alpha value is -3.76. The number of hydrogen-bond acceptors (Lipinski definition) is 9. The molecule has 0 atom stereocenters. The number of anilines is 3. The average Bonchev–Trinajstić information content (AvgIpc) is 3.25. The van der Waals surface area contributed by atoms with Gasteiger partial charge in [0.2, 0.25) is 5.95 Å². The number of ether oxygens (including phenoxy) is 2. The van der Waals surface area contributed by atoms with E-state index in [1.807, 2.05) is 37.7 Å². The van der Waals surface area contributed by atoms with Crippen molar-refractivity contribution >= 4 is 34.6 Å². The van der Waals surface area contributed by atoms with Crippen LogP contribution < -0.4 is 20.7 Å². The Balaban J connectivity index is 1.46. The van der Waals surface area contributed by atoms with Gasteiger partial charge in [-0.2, -0.15) is 10.1 Å². The van der Waals surface area contributed by atoms with Crippen LogP contribution in [0.1, 0.15) is 46.1 Å². The topological polar surface area (TPSA) is 124 Å². The molecule has 0 saturated carbocycles. The van der Waals surface area contributed by atoms with E-state index in [0.29, 0.717) is 36.5 Å². The highest BCUT2D eigenvalue weighted by Crippen LogP contribution is 2.28. The predicted molar refractivity (Wildman–Crippen MR) is 145 cm³/mol. The molecule has 3 aromatic rings. The van der Waals surface area contributed by atoms with E-state index in [2.05, 4.69) is 39.2 Å². The molecule has 3 N–H and O–H groups in total. The minimum Gasteiger partial charge on any atom is -0.496 e. The molecule has 11 nitrogen and oxygen atoms in total. The van der Waals surface area contributed by atoms with Crippen LogP contribution in [0.15, 0.2) is 24.4 Å². The third-order valence-electron chi connectivity index (χ3n) is 6.15. The van der Waals surface area contributed by atoms with Gasteiger partial charge in [0.05, 0.1) is 19.9 Å². The van der Waals surface area contributed by atoms with E-state index >= 15 is 0 Å². The minimum atomic E-state index is -0.496. The van der Waals surface area contributed by atoms with Crippen LogP contribution in [-0.4, -0.2) is 76.2 Å². The van der Waals surface area contributed by atoms with E-state index in [1.165, 1.54) is 0 Å². The van der Waals surface area contributed by atoms with Crippen molar-refractivity contribution in [3.8, 4) is 5.75 Å². The molecule has 1 aliphatic rings. The minimum absolute atomic E-state index is 0.222. The predicted octanol–water partition coefficient (Wildman–Crippen LogP) is 3.73. The van der Waals surface area contributed by atoms with Gasteiger partial charge in [-0.05, 0) is 33.3 Å². The standard InChI is InChI=1S/C26H38N8O3/c1-6-7-10-28-23-22-20(29-24(27)30-23)17-34(31-22)16-18-8-9-19(15-21(18)36-5)32-11-13-33(14-12-32)25(35)37-26(2,3)4/h8-9,15,17H,6-7,10-14,16H2,1-5H3,(H3,27,28,29,30). The largest absolute Gasteiger partial charge is 0.496 e. The van der Waals surface area contributed by atoms with Crippen molar-refractivity contribution in [1.29, 1.82) is 0 Å². The number of unbranched alkanes of at least 4 members (excludes halogenated alkanes) is 1. The fourth-order valence-corrected chi connectivity index (χ4v) is 4.27. The van der Waals surface area contributed by atoms with Gasteiger partial charge in [0.25, 0.3) is 0 Å². The first-order valence-corrected chi connectivity index (χ1v) is 12.8. The summed E-state index contributed by atoms with van der Waals surface area (Å²) in [7, 11) is 1.67. The average molecular weight is 511 g/mol. The summed E-state index contributed by atoms with van der Waals surface area (Å²) in [5.41, 5.74) is 8.87. The molecule has 1 fully saturated rings. The number of amides is 1. The third kappa shape index (κ3) is 6.52. The SMILES string of the molecule is CCCCNc1nc(N)nc2cn(Cc3ccc(N4CCN(C(=O)OC(C)(C)C)CC4)cc3OC)nc12. The molecular weight excluding hydrogens is 472 g/mol. The second kappa shape index (κ2) is 11.1. The Labute approximate surface area is 217 Å². The van der Waals surface area contributed by atoms with Crippen LogP contribution in [0.25, 0.3) is 11.0 Å². The molecule has 37 heavy (non-hydrogen) atoms. The maximum atomic E-state index is 12.4. The lowest BCUT2D eigenvalue weighted by atomic mass is 10.1. The highest BCUT2D eigenvalue weighted by molar-refractivity contribution is 5.85. The van der Waals surface area contributed by atoms with Crippen LogP contribution in [0.4, 0.5) is 22.2 Å². The first-order valence-electron chi connectivity index (χ1n) is 12.8. The van der Waals surface area contributed by atoms with Crippen molar-refractivity contribution in [2.75, 3.05) is 55.8 Å². The molecule has 11 heteroatoms. The number of rotatable bonds is 8. The third-order valence-corrected chi connectivity index (χ3v) is 6.15.